The Morgan fingerprint density at radius 2 is 1.76 bits per heavy atom. The highest BCUT2D eigenvalue weighted by Gasteiger charge is 2.28. The van der Waals surface area contributed by atoms with Crippen LogP contribution in [0.1, 0.15) is 41.8 Å². The van der Waals surface area contributed by atoms with Crippen LogP contribution < -0.4 is 5.32 Å². The van der Waals surface area contributed by atoms with E-state index in [1.165, 1.54) is 16.4 Å². The van der Waals surface area contributed by atoms with Gasteiger partial charge in [-0.15, -0.1) is 0 Å². The maximum Gasteiger partial charge on any atom is 0.293 e. The van der Waals surface area contributed by atoms with Crippen LogP contribution >= 0.6 is 0 Å². The van der Waals surface area contributed by atoms with Crippen LogP contribution in [0.2, 0.25) is 0 Å². The van der Waals surface area contributed by atoms with Crippen molar-refractivity contribution in [3.8, 4) is 0 Å². The van der Waals surface area contributed by atoms with E-state index in [0.717, 1.165) is 47.8 Å². The van der Waals surface area contributed by atoms with Crippen LogP contribution in [0.5, 0.6) is 0 Å². The molecule has 0 spiro atoms. The average Bonchev–Trinajstić information content (AvgIpc) is 3.14. The number of nitrogens with zero attached hydrogens (tertiary/aromatic N) is 4. The summed E-state index contributed by atoms with van der Waals surface area (Å²) in [6.45, 7) is 5.87. The Hall–Kier alpha value is -3.24. The van der Waals surface area contributed by atoms with Gasteiger partial charge in [0, 0.05) is 31.4 Å². The predicted molar refractivity (Wildman–Crippen MR) is 130 cm³/mol. The van der Waals surface area contributed by atoms with E-state index in [2.05, 4.69) is 10.4 Å². The first-order valence-corrected chi connectivity index (χ1v) is 12.8. The van der Waals surface area contributed by atoms with Gasteiger partial charge in [-0.05, 0) is 56.0 Å². The number of hydrogen-bond donors (Lipinski definition) is 1. The quantitative estimate of drug-likeness (QED) is 0.379. The van der Waals surface area contributed by atoms with Crippen LogP contribution in [-0.4, -0.2) is 40.5 Å². The van der Waals surface area contributed by atoms with E-state index in [9.17, 15) is 18.5 Å². The molecule has 0 unspecified atom stereocenters. The summed E-state index contributed by atoms with van der Waals surface area (Å²) >= 11 is 0. The first kappa shape index (κ1) is 23.9. The van der Waals surface area contributed by atoms with E-state index in [0.29, 0.717) is 26.2 Å². The third kappa shape index (κ3) is 5.28. The molecule has 3 aromatic rings. The number of aromatic nitrogens is 2. The number of sulfonamides is 1. The molecule has 0 aliphatic carbocycles. The molecule has 0 radical (unpaired) electrons. The van der Waals surface area contributed by atoms with Crippen molar-refractivity contribution in [3.05, 3.63) is 81.2 Å². The predicted octanol–water partition coefficient (Wildman–Crippen LogP) is 4.24. The molecule has 180 valence electrons. The van der Waals surface area contributed by atoms with Crippen LogP contribution in [0, 0.1) is 24.0 Å². The Kier molecular flexibility index (Phi) is 6.99. The molecule has 4 rings (SSSR count). The highest BCUT2D eigenvalue weighted by molar-refractivity contribution is 7.89. The van der Waals surface area contributed by atoms with Crippen molar-refractivity contribution < 1.29 is 13.3 Å². The van der Waals surface area contributed by atoms with Crippen molar-refractivity contribution in [3.63, 3.8) is 0 Å². The maximum absolute atomic E-state index is 12.9. The molecule has 2 heterocycles. The zero-order valence-corrected chi connectivity index (χ0v) is 20.2. The molecule has 10 heteroatoms. The summed E-state index contributed by atoms with van der Waals surface area (Å²) in [5.41, 5.74) is 4.11. The lowest BCUT2D eigenvalue weighted by atomic mass is 10.1. The van der Waals surface area contributed by atoms with Gasteiger partial charge in [-0.1, -0.05) is 30.7 Å². The highest BCUT2D eigenvalue weighted by Crippen LogP contribution is 2.30. The van der Waals surface area contributed by atoms with Crippen molar-refractivity contribution in [2.45, 2.75) is 51.1 Å². The molecule has 1 aromatic heterocycles. The minimum atomic E-state index is -3.75. The topological polar surface area (TPSA) is 110 Å². The van der Waals surface area contributed by atoms with E-state index >= 15 is 0 Å². The van der Waals surface area contributed by atoms with Crippen LogP contribution in [-0.2, 0) is 23.1 Å². The number of aryl methyl sites for hydroxylation is 2. The number of nitro benzene ring substituents is 1. The highest BCUT2D eigenvalue weighted by atomic mass is 32.2. The monoisotopic (exact) mass is 483 g/mol. The molecule has 1 aliphatic rings. The summed E-state index contributed by atoms with van der Waals surface area (Å²) in [6, 6.07) is 14.0. The Balaban J connectivity index is 1.51. The van der Waals surface area contributed by atoms with E-state index in [4.69, 9.17) is 0 Å². The van der Waals surface area contributed by atoms with Crippen molar-refractivity contribution in [2.24, 2.45) is 0 Å². The molecule has 0 bridgehead atoms. The van der Waals surface area contributed by atoms with Gasteiger partial charge in [0.25, 0.3) is 5.69 Å². The molecule has 2 aromatic carbocycles. The Labute approximate surface area is 199 Å². The van der Waals surface area contributed by atoms with Gasteiger partial charge in [0.05, 0.1) is 22.1 Å². The number of benzene rings is 2. The van der Waals surface area contributed by atoms with Gasteiger partial charge in [0.15, 0.2) is 0 Å². The minimum absolute atomic E-state index is 0.0430. The lowest BCUT2D eigenvalue weighted by molar-refractivity contribution is -0.384. The van der Waals surface area contributed by atoms with E-state index in [1.54, 1.807) is 0 Å². The first-order chi connectivity index (χ1) is 16.2. The van der Waals surface area contributed by atoms with Crippen LogP contribution in [0.25, 0.3) is 0 Å². The fourth-order valence-electron chi connectivity index (χ4n) is 4.27. The molecule has 0 amide bonds. The molecule has 1 N–H and O–H groups in total. The molecular weight excluding hydrogens is 454 g/mol. The van der Waals surface area contributed by atoms with Crippen LogP contribution in [0.4, 0.5) is 11.4 Å². The average molecular weight is 484 g/mol. The van der Waals surface area contributed by atoms with Gasteiger partial charge < -0.3 is 5.32 Å². The van der Waals surface area contributed by atoms with Crippen molar-refractivity contribution >= 4 is 21.4 Å². The molecule has 34 heavy (non-hydrogen) atoms. The molecule has 1 saturated heterocycles. The Morgan fingerprint density at radius 3 is 2.44 bits per heavy atom. The third-order valence-corrected chi connectivity index (χ3v) is 7.92. The fourth-order valence-corrected chi connectivity index (χ4v) is 5.81. The second-order valence-electron chi connectivity index (χ2n) is 8.66. The molecule has 1 fully saturated rings. The second-order valence-corrected chi connectivity index (χ2v) is 10.6. The standard InChI is InChI=1S/C24H29N5O4S/c1-18-13-19(2)28(26-18)17-21-8-6-7-20(14-21)16-25-23-10-9-22(15-24(23)29(30)31)34(32,33)27-11-4-3-5-12-27/h6-10,13-15,25H,3-5,11-12,16-17H2,1-2H3. The summed E-state index contributed by atoms with van der Waals surface area (Å²) in [4.78, 5) is 11.1. The zero-order valence-electron chi connectivity index (χ0n) is 19.4. The number of rotatable bonds is 8. The van der Waals surface area contributed by atoms with E-state index < -0.39 is 14.9 Å². The number of nitrogens with one attached hydrogen (secondary N) is 1. The Morgan fingerprint density at radius 1 is 1.03 bits per heavy atom. The summed E-state index contributed by atoms with van der Waals surface area (Å²) in [5, 5.41) is 19.3. The first-order valence-electron chi connectivity index (χ1n) is 11.4. The summed E-state index contributed by atoms with van der Waals surface area (Å²) < 4.78 is 29.2. The van der Waals surface area contributed by atoms with Gasteiger partial charge in [0.1, 0.15) is 5.69 Å². The van der Waals surface area contributed by atoms with E-state index in [1.807, 2.05) is 48.9 Å². The van der Waals surface area contributed by atoms with E-state index in [-0.39, 0.29) is 16.3 Å². The van der Waals surface area contributed by atoms with Gasteiger partial charge in [-0.3, -0.25) is 14.8 Å². The Bertz CT molecular complexity index is 1300. The number of nitro groups is 1. The molecule has 9 nitrogen and oxygen atoms in total. The fraction of sp³-hybridized carbons (Fsp3) is 0.375. The van der Waals surface area contributed by atoms with Crippen LogP contribution in [0.3, 0.4) is 0 Å². The summed E-state index contributed by atoms with van der Waals surface area (Å²) in [5.74, 6) is 0. The summed E-state index contributed by atoms with van der Waals surface area (Å²) in [6.07, 6.45) is 2.61. The van der Waals surface area contributed by atoms with Gasteiger partial charge in [0.2, 0.25) is 10.0 Å². The molecular formula is C24H29N5O4S. The number of piperidine rings is 1. The molecule has 1 aliphatic heterocycles. The SMILES string of the molecule is Cc1cc(C)n(Cc2cccc(CNc3ccc(S(=O)(=O)N4CCCCC4)cc3[N+](=O)[O-])c2)n1. The molecule has 0 atom stereocenters. The minimum Gasteiger partial charge on any atom is -0.375 e. The largest absolute Gasteiger partial charge is 0.375 e. The van der Waals surface area contributed by atoms with Gasteiger partial charge in [-0.2, -0.15) is 9.40 Å². The normalized spacial score (nSPS) is 14.8. The third-order valence-electron chi connectivity index (χ3n) is 6.03. The van der Waals surface area contributed by atoms with Crippen molar-refractivity contribution in [1.29, 1.82) is 0 Å². The van der Waals surface area contributed by atoms with Gasteiger partial charge >= 0.3 is 0 Å². The number of anilines is 1. The summed E-state index contributed by atoms with van der Waals surface area (Å²) in [7, 11) is -3.75. The van der Waals surface area contributed by atoms with Crippen molar-refractivity contribution in [2.75, 3.05) is 18.4 Å². The lowest BCUT2D eigenvalue weighted by Crippen LogP contribution is -2.35. The number of hydrogen-bond acceptors (Lipinski definition) is 6. The smallest absolute Gasteiger partial charge is 0.293 e. The maximum atomic E-state index is 12.9. The van der Waals surface area contributed by atoms with Crippen LogP contribution in [0.15, 0.2) is 53.4 Å². The molecule has 0 saturated carbocycles. The lowest BCUT2D eigenvalue weighted by Gasteiger charge is -2.25. The zero-order chi connectivity index (χ0) is 24.3. The van der Waals surface area contributed by atoms with Crippen molar-refractivity contribution in [1.82, 2.24) is 14.1 Å². The van der Waals surface area contributed by atoms with Gasteiger partial charge in [-0.25, -0.2) is 8.42 Å². The second kappa shape index (κ2) is 9.94.